The molecule has 0 aromatic rings. The normalized spacial score (nSPS) is 17.2. The standard InChI is InChI=1S/C7H3F3IN/c8-7(9,10)6-3-5(4-12)1-2-11-6/h1-3H. The van der Waals surface area contributed by atoms with Crippen LogP contribution in [-0.4, -0.2) is 10.2 Å². The molecule has 0 fully saturated rings. The molecule has 1 nitrogen and oxygen atoms in total. The van der Waals surface area contributed by atoms with Crippen LogP contribution < -0.4 is 0 Å². The fourth-order valence-electron chi connectivity index (χ4n) is 0.597. The van der Waals surface area contributed by atoms with Crippen molar-refractivity contribution in [1.82, 2.24) is 0 Å². The molecular formula is C7H3F3IN. The maximum atomic E-state index is 12.1. The van der Waals surface area contributed by atoms with Crippen LogP contribution in [0, 0.1) is 11.3 Å². The molecular weight excluding hydrogens is 282 g/mol. The second-order valence-electron chi connectivity index (χ2n) is 1.96. The van der Waals surface area contributed by atoms with Gasteiger partial charge in [-0.3, -0.25) is 0 Å². The lowest BCUT2D eigenvalue weighted by atomic mass is 10.2. The zero-order valence-electron chi connectivity index (χ0n) is 5.69. The molecule has 5 heteroatoms. The molecule has 64 valence electrons. The number of nitrogens with zero attached hydrogens (tertiary/aromatic N) is 1. The second kappa shape index (κ2) is 3.39. The van der Waals surface area contributed by atoms with E-state index in [0.29, 0.717) is 0 Å². The van der Waals surface area contributed by atoms with Crippen molar-refractivity contribution in [3.05, 3.63) is 21.3 Å². The minimum atomic E-state index is -4.26. The monoisotopic (exact) mass is 285 g/mol. The Balaban J connectivity index is 3.00. The van der Waals surface area contributed by atoms with E-state index < -0.39 is 30.5 Å². The first-order valence-electron chi connectivity index (χ1n) is 2.90. The van der Waals surface area contributed by atoms with Crippen LogP contribution in [0.5, 0.6) is 0 Å². The van der Waals surface area contributed by atoms with Crippen molar-refractivity contribution in [3.8, 4) is 6.07 Å². The molecule has 0 amide bonds. The molecule has 0 bridgehead atoms. The minimum absolute atomic E-state index is 0.0771. The molecule has 1 aliphatic rings. The maximum Gasteiger partial charge on any atom is 0.421 e. The summed E-state index contributed by atoms with van der Waals surface area (Å²) in [6.45, 7) is 0. The first-order chi connectivity index (χ1) is 5.54. The number of rotatable bonds is 0. The molecule has 0 saturated carbocycles. The summed E-state index contributed by atoms with van der Waals surface area (Å²) in [7, 11) is 0. The van der Waals surface area contributed by atoms with Gasteiger partial charge >= 0.3 is 6.18 Å². The van der Waals surface area contributed by atoms with E-state index in [2.05, 4.69) is 0 Å². The second-order valence-corrected chi connectivity index (χ2v) is 4.46. The van der Waals surface area contributed by atoms with Crippen LogP contribution in [0.15, 0.2) is 21.3 Å². The van der Waals surface area contributed by atoms with E-state index >= 15 is 0 Å². The molecule has 1 rings (SSSR count). The number of halogens is 4. The smallest absolute Gasteiger partial charge is 0.192 e. The lowest BCUT2D eigenvalue weighted by Crippen LogP contribution is -2.08. The highest BCUT2D eigenvalue weighted by atomic mass is 127. The summed E-state index contributed by atoms with van der Waals surface area (Å²) in [5.74, 6) is 0. The molecule has 0 aliphatic carbocycles. The van der Waals surface area contributed by atoms with Crippen molar-refractivity contribution < 1.29 is 13.2 Å². The number of hydrogen-bond acceptors (Lipinski definition) is 1. The largest absolute Gasteiger partial charge is 0.421 e. The molecule has 0 radical (unpaired) electrons. The van der Waals surface area contributed by atoms with E-state index in [1.807, 2.05) is 0 Å². The highest BCUT2D eigenvalue weighted by molar-refractivity contribution is 14.2. The Morgan fingerprint density at radius 1 is 1.42 bits per heavy atom. The molecule has 0 spiro atoms. The summed E-state index contributed by atoms with van der Waals surface area (Å²) < 4.78 is 37.1. The molecule has 1 aliphatic heterocycles. The van der Waals surface area contributed by atoms with E-state index in [4.69, 9.17) is 5.26 Å². The first kappa shape index (κ1) is 9.45. The van der Waals surface area contributed by atoms with Crippen molar-refractivity contribution in [1.29, 1.82) is 5.26 Å². The van der Waals surface area contributed by atoms with Crippen molar-refractivity contribution in [2.24, 2.45) is 0 Å². The summed E-state index contributed by atoms with van der Waals surface area (Å²) in [5, 5.41) is 8.34. The lowest BCUT2D eigenvalue weighted by molar-refractivity contribution is -0.0817. The van der Waals surface area contributed by atoms with Crippen LogP contribution in [-0.2, 0) is 0 Å². The molecule has 0 aromatic heterocycles. The maximum absolute atomic E-state index is 12.1. The third-order valence-electron chi connectivity index (χ3n) is 1.11. The van der Waals surface area contributed by atoms with Gasteiger partial charge in [-0.05, 0) is 16.2 Å². The van der Waals surface area contributed by atoms with Gasteiger partial charge in [0.05, 0.1) is 15.2 Å². The summed E-state index contributed by atoms with van der Waals surface area (Å²) in [6.07, 6.45) is -1.91. The third kappa shape index (κ3) is 2.17. The van der Waals surface area contributed by atoms with Gasteiger partial charge < -0.3 is 0 Å². The van der Waals surface area contributed by atoms with Crippen LogP contribution >= 0.6 is 20.7 Å². The fraction of sp³-hybridized carbons (Fsp3) is 0.143. The highest BCUT2D eigenvalue weighted by Crippen LogP contribution is 2.36. The Labute approximate surface area is 76.9 Å². The highest BCUT2D eigenvalue weighted by Gasteiger charge is 2.33. The van der Waals surface area contributed by atoms with Gasteiger partial charge in [0.1, 0.15) is 0 Å². The topological polar surface area (TPSA) is 23.8 Å². The van der Waals surface area contributed by atoms with Crippen LogP contribution in [0.4, 0.5) is 13.2 Å². The minimum Gasteiger partial charge on any atom is -0.192 e. The average Bonchev–Trinajstić information content (AvgIpc) is 2.03. The SMILES string of the molecule is N#CC1=CC=IC(C(F)(F)F)=C1. The fourth-order valence-corrected chi connectivity index (χ4v) is 2.42. The van der Waals surface area contributed by atoms with Gasteiger partial charge in [0.2, 0.25) is 0 Å². The van der Waals surface area contributed by atoms with Gasteiger partial charge in [-0.2, -0.15) is 18.4 Å². The first-order valence-corrected chi connectivity index (χ1v) is 5.22. The van der Waals surface area contributed by atoms with E-state index in [1.165, 1.54) is 10.1 Å². The van der Waals surface area contributed by atoms with E-state index in [0.717, 1.165) is 6.08 Å². The predicted octanol–water partition coefficient (Wildman–Crippen LogP) is 2.67. The summed E-state index contributed by atoms with van der Waals surface area (Å²) in [4.78, 5) is 0. The molecule has 1 heterocycles. The van der Waals surface area contributed by atoms with Crippen molar-refractivity contribution >= 4 is 24.7 Å². The van der Waals surface area contributed by atoms with Gasteiger partial charge in [-0.15, -0.1) is 0 Å². The quantitative estimate of drug-likeness (QED) is 0.628. The van der Waals surface area contributed by atoms with Crippen molar-refractivity contribution in [3.63, 3.8) is 0 Å². The number of allylic oxidation sites excluding steroid dienone is 4. The van der Waals surface area contributed by atoms with Crippen LogP contribution in [0.25, 0.3) is 0 Å². The predicted molar refractivity (Wildman–Crippen MR) is 47.9 cm³/mol. The number of alkyl halides is 3. The van der Waals surface area contributed by atoms with Gasteiger partial charge in [-0.25, -0.2) is 0 Å². The van der Waals surface area contributed by atoms with Gasteiger partial charge in [0.25, 0.3) is 0 Å². The molecule has 0 aromatic carbocycles. The van der Waals surface area contributed by atoms with Crippen LogP contribution in [0.1, 0.15) is 0 Å². The van der Waals surface area contributed by atoms with Gasteiger partial charge in [-0.1, -0.05) is 20.7 Å². The molecule has 0 atom stereocenters. The lowest BCUT2D eigenvalue weighted by Gasteiger charge is -2.07. The Kier molecular flexibility index (Phi) is 2.67. The zero-order valence-corrected chi connectivity index (χ0v) is 7.85. The van der Waals surface area contributed by atoms with Crippen molar-refractivity contribution in [2.45, 2.75) is 6.18 Å². The average molecular weight is 285 g/mol. The Bertz CT molecular complexity index is 317. The Morgan fingerprint density at radius 2 is 2.08 bits per heavy atom. The van der Waals surface area contributed by atoms with E-state index in [1.54, 1.807) is 6.07 Å². The molecule has 0 saturated heterocycles. The zero-order chi connectivity index (χ0) is 9.19. The molecule has 0 unspecified atom stereocenters. The molecule has 12 heavy (non-hydrogen) atoms. The Morgan fingerprint density at radius 3 is 2.58 bits per heavy atom. The summed E-state index contributed by atoms with van der Waals surface area (Å²) in [6, 6.07) is 1.68. The van der Waals surface area contributed by atoms with E-state index in [9.17, 15) is 13.2 Å². The van der Waals surface area contributed by atoms with E-state index in [-0.39, 0.29) is 5.57 Å². The van der Waals surface area contributed by atoms with Crippen LogP contribution in [0.2, 0.25) is 0 Å². The molecule has 0 N–H and O–H groups in total. The van der Waals surface area contributed by atoms with Crippen molar-refractivity contribution in [2.75, 3.05) is 0 Å². The third-order valence-corrected chi connectivity index (χ3v) is 3.42. The summed E-state index contributed by atoms with van der Waals surface area (Å²) >= 11 is -1.09. The Hall–Kier alpha value is -0.640. The number of nitriles is 1. The van der Waals surface area contributed by atoms with Gasteiger partial charge in [0, 0.05) is 0 Å². The van der Waals surface area contributed by atoms with Crippen LogP contribution in [0.3, 0.4) is 0 Å². The number of hydrogen-bond donors (Lipinski definition) is 0. The summed E-state index contributed by atoms with van der Waals surface area (Å²) in [5.41, 5.74) is 0.0771. The van der Waals surface area contributed by atoms with Gasteiger partial charge in [0.15, 0.2) is 0 Å².